The van der Waals surface area contributed by atoms with Gasteiger partial charge in [0, 0.05) is 10.9 Å². The fraction of sp³-hybridized carbons (Fsp3) is 0.389. The summed E-state index contributed by atoms with van der Waals surface area (Å²) in [4.78, 5) is 13.4. The number of hydrogen-bond acceptors (Lipinski definition) is 3. The van der Waals surface area contributed by atoms with E-state index in [-0.39, 0.29) is 24.0 Å². The van der Waals surface area contributed by atoms with Crippen molar-refractivity contribution in [2.75, 3.05) is 0 Å². The number of carbonyl (C=O) groups excluding carboxylic acids is 1. The molecule has 0 spiro atoms. The van der Waals surface area contributed by atoms with Crippen molar-refractivity contribution < 1.29 is 4.79 Å². The van der Waals surface area contributed by atoms with Gasteiger partial charge in [-0.1, -0.05) is 35.9 Å². The molecule has 0 saturated heterocycles. The lowest BCUT2D eigenvalue weighted by Gasteiger charge is -2.23. The monoisotopic (exact) mass is 316 g/mol. The molecule has 0 fully saturated rings. The molecule has 118 valence electrons. The molecule has 2 N–H and O–H groups in total. The van der Waals surface area contributed by atoms with Gasteiger partial charge in [-0.3, -0.25) is 10.1 Å². The summed E-state index contributed by atoms with van der Waals surface area (Å²) in [5, 5.41) is 8.48. The second-order valence-electron chi connectivity index (χ2n) is 5.91. The predicted molar refractivity (Wildman–Crippen MR) is 93.2 cm³/mol. The number of benzene rings is 1. The summed E-state index contributed by atoms with van der Waals surface area (Å²) >= 11 is 1.70. The van der Waals surface area contributed by atoms with E-state index < -0.39 is 0 Å². The van der Waals surface area contributed by atoms with Gasteiger partial charge in [0.25, 0.3) is 0 Å². The van der Waals surface area contributed by atoms with E-state index in [1.807, 2.05) is 26.8 Å². The van der Waals surface area contributed by atoms with Gasteiger partial charge in [-0.15, -0.1) is 11.3 Å². The molecule has 0 unspecified atom stereocenters. The third-order valence-corrected chi connectivity index (χ3v) is 4.42. The van der Waals surface area contributed by atoms with Crippen LogP contribution in [-0.2, 0) is 4.79 Å². The summed E-state index contributed by atoms with van der Waals surface area (Å²) in [6.07, 6.45) is 0. The number of thiophene rings is 1. The van der Waals surface area contributed by atoms with Crippen LogP contribution in [0.5, 0.6) is 0 Å². The molecule has 0 aliphatic carbocycles. The van der Waals surface area contributed by atoms with E-state index in [0.29, 0.717) is 0 Å². The first-order valence-electron chi connectivity index (χ1n) is 7.63. The van der Waals surface area contributed by atoms with E-state index in [1.165, 1.54) is 16.0 Å². The zero-order valence-corrected chi connectivity index (χ0v) is 14.4. The Morgan fingerprint density at radius 3 is 2.32 bits per heavy atom. The molecule has 1 aromatic heterocycles. The second-order valence-corrected chi connectivity index (χ2v) is 6.89. The zero-order chi connectivity index (χ0) is 16.1. The molecule has 0 aliphatic rings. The van der Waals surface area contributed by atoms with Gasteiger partial charge < -0.3 is 5.32 Å². The minimum absolute atomic E-state index is 0.0312. The first kappa shape index (κ1) is 16.7. The van der Waals surface area contributed by atoms with Crippen molar-refractivity contribution in [3.8, 4) is 0 Å². The first-order valence-corrected chi connectivity index (χ1v) is 8.51. The Hall–Kier alpha value is -1.65. The number of hydrogen-bond donors (Lipinski definition) is 2. The van der Waals surface area contributed by atoms with Gasteiger partial charge in [-0.2, -0.15) is 0 Å². The van der Waals surface area contributed by atoms with E-state index in [9.17, 15) is 4.79 Å². The van der Waals surface area contributed by atoms with Crippen molar-refractivity contribution in [2.24, 2.45) is 0 Å². The van der Waals surface area contributed by atoms with Gasteiger partial charge in [0.15, 0.2) is 0 Å². The van der Waals surface area contributed by atoms with E-state index in [1.54, 1.807) is 11.3 Å². The average Bonchev–Trinajstić information content (AvgIpc) is 2.98. The zero-order valence-electron chi connectivity index (χ0n) is 13.6. The summed E-state index contributed by atoms with van der Waals surface area (Å²) in [5.74, 6) is 0.0312. The molecule has 1 aromatic carbocycles. The van der Waals surface area contributed by atoms with Crippen molar-refractivity contribution in [1.29, 1.82) is 0 Å². The highest BCUT2D eigenvalue weighted by molar-refractivity contribution is 7.10. The van der Waals surface area contributed by atoms with Crippen LogP contribution in [0.3, 0.4) is 0 Å². The molecule has 0 bridgehead atoms. The van der Waals surface area contributed by atoms with Crippen molar-refractivity contribution in [2.45, 2.75) is 45.8 Å². The topological polar surface area (TPSA) is 41.1 Å². The number of aryl methyl sites for hydroxylation is 1. The quantitative estimate of drug-likeness (QED) is 0.854. The lowest BCUT2D eigenvalue weighted by Crippen LogP contribution is -2.45. The Balaban J connectivity index is 2.19. The molecule has 3 nitrogen and oxygen atoms in total. The van der Waals surface area contributed by atoms with E-state index in [4.69, 9.17) is 0 Å². The van der Waals surface area contributed by atoms with Crippen LogP contribution >= 0.6 is 11.3 Å². The number of nitrogens with one attached hydrogen (secondary N) is 2. The van der Waals surface area contributed by atoms with Crippen LogP contribution in [0.25, 0.3) is 0 Å². The highest BCUT2D eigenvalue weighted by Crippen LogP contribution is 2.26. The van der Waals surface area contributed by atoms with Crippen molar-refractivity contribution in [3.05, 3.63) is 57.8 Å². The summed E-state index contributed by atoms with van der Waals surface area (Å²) in [7, 11) is 0. The maximum atomic E-state index is 12.2. The largest absolute Gasteiger partial charge is 0.353 e. The Morgan fingerprint density at radius 2 is 1.77 bits per heavy atom. The molecule has 2 aromatic rings. The molecular formula is C18H24N2OS. The van der Waals surface area contributed by atoms with Crippen molar-refractivity contribution >= 4 is 17.2 Å². The minimum atomic E-state index is -0.254. The summed E-state index contributed by atoms with van der Waals surface area (Å²) in [6, 6.07) is 12.5. The standard InChI is InChI=1S/C18H24N2OS/c1-12(2)19-18(21)14(4)20-17(16-6-5-11-22-16)15-9-7-13(3)8-10-15/h5-12,14,17,20H,1-4H3,(H,19,21)/t14-,17-/m1/s1. The van der Waals surface area contributed by atoms with Gasteiger partial charge in [-0.25, -0.2) is 0 Å². The normalized spacial score (nSPS) is 13.9. The molecule has 0 radical (unpaired) electrons. The van der Waals surface area contributed by atoms with Crippen LogP contribution in [-0.4, -0.2) is 18.0 Å². The lowest BCUT2D eigenvalue weighted by atomic mass is 10.0. The number of rotatable bonds is 6. The molecule has 2 rings (SSSR count). The molecule has 1 heterocycles. The van der Waals surface area contributed by atoms with Crippen molar-refractivity contribution in [1.82, 2.24) is 10.6 Å². The predicted octanol–water partition coefficient (Wildman–Crippen LogP) is 3.65. The Labute approximate surface area is 136 Å². The molecule has 22 heavy (non-hydrogen) atoms. The first-order chi connectivity index (χ1) is 10.5. The summed E-state index contributed by atoms with van der Waals surface area (Å²) < 4.78 is 0. The number of amides is 1. The highest BCUT2D eigenvalue weighted by Gasteiger charge is 2.21. The SMILES string of the molecule is Cc1ccc([C@@H](N[C@H](C)C(=O)NC(C)C)c2cccs2)cc1. The Kier molecular flexibility index (Phi) is 5.75. The van der Waals surface area contributed by atoms with Crippen molar-refractivity contribution in [3.63, 3.8) is 0 Å². The smallest absolute Gasteiger partial charge is 0.237 e. The fourth-order valence-electron chi connectivity index (χ4n) is 2.29. The molecule has 0 saturated carbocycles. The third-order valence-electron chi connectivity index (χ3n) is 3.48. The molecule has 1 amide bonds. The molecule has 4 heteroatoms. The van der Waals surface area contributed by atoms with Gasteiger partial charge >= 0.3 is 0 Å². The van der Waals surface area contributed by atoms with Gasteiger partial charge in [-0.05, 0) is 44.7 Å². The van der Waals surface area contributed by atoms with Crippen LogP contribution in [0.1, 0.15) is 42.8 Å². The Morgan fingerprint density at radius 1 is 1.09 bits per heavy atom. The Bertz CT molecular complexity index is 590. The third kappa shape index (κ3) is 4.42. The highest BCUT2D eigenvalue weighted by atomic mass is 32.1. The fourth-order valence-corrected chi connectivity index (χ4v) is 3.10. The molecular weight excluding hydrogens is 292 g/mol. The maximum Gasteiger partial charge on any atom is 0.237 e. The van der Waals surface area contributed by atoms with Crippen LogP contribution < -0.4 is 10.6 Å². The lowest BCUT2D eigenvalue weighted by molar-refractivity contribution is -0.123. The van der Waals surface area contributed by atoms with Crippen LogP contribution in [0, 0.1) is 6.92 Å². The second kappa shape index (κ2) is 7.56. The van der Waals surface area contributed by atoms with Gasteiger partial charge in [0.1, 0.15) is 0 Å². The number of carbonyl (C=O) groups is 1. The summed E-state index contributed by atoms with van der Waals surface area (Å²) in [6.45, 7) is 7.94. The van der Waals surface area contributed by atoms with Gasteiger partial charge in [0.2, 0.25) is 5.91 Å². The minimum Gasteiger partial charge on any atom is -0.353 e. The molecule has 2 atom stereocenters. The van der Waals surface area contributed by atoms with Crippen LogP contribution in [0.4, 0.5) is 0 Å². The van der Waals surface area contributed by atoms with Crippen LogP contribution in [0.15, 0.2) is 41.8 Å². The van der Waals surface area contributed by atoms with Gasteiger partial charge in [0.05, 0.1) is 12.1 Å². The van der Waals surface area contributed by atoms with E-state index >= 15 is 0 Å². The maximum absolute atomic E-state index is 12.2. The average molecular weight is 316 g/mol. The van der Waals surface area contributed by atoms with E-state index in [0.717, 1.165) is 0 Å². The summed E-state index contributed by atoms with van der Waals surface area (Å²) in [5.41, 5.74) is 2.41. The molecule has 0 aliphatic heterocycles. The van der Waals surface area contributed by atoms with E-state index in [2.05, 4.69) is 53.3 Å². The van der Waals surface area contributed by atoms with Crippen LogP contribution in [0.2, 0.25) is 0 Å².